The molecule has 1 atom stereocenters. The third-order valence-corrected chi connectivity index (χ3v) is 11.8. The summed E-state index contributed by atoms with van der Waals surface area (Å²) < 4.78 is 18.7. The Hall–Kier alpha value is -2.31. The van der Waals surface area contributed by atoms with Crippen molar-refractivity contribution in [2.75, 3.05) is 6.61 Å². The maximum Gasteiger partial charge on any atom is 0.407 e. The maximum absolute atomic E-state index is 13.0. The summed E-state index contributed by atoms with van der Waals surface area (Å²) >= 11 is 0. The molecule has 2 aromatic carbocycles. The molecule has 0 unspecified atom stereocenters. The number of rotatable bonds is 9. The van der Waals surface area contributed by atoms with Crippen LogP contribution in [0.15, 0.2) is 42.5 Å². The van der Waals surface area contributed by atoms with E-state index in [9.17, 15) is 4.79 Å². The number of ether oxygens (including phenoxy) is 2. The third-order valence-electron chi connectivity index (χ3n) is 7.30. The molecule has 2 rings (SSSR count). The molecule has 206 valence electrons. The normalized spacial score (nSPS) is 13.7. The average Bonchev–Trinajstić information content (AvgIpc) is 2.73. The van der Waals surface area contributed by atoms with Gasteiger partial charge in [-0.2, -0.15) is 0 Å². The minimum atomic E-state index is -2.06. The van der Waals surface area contributed by atoms with Gasteiger partial charge in [-0.25, -0.2) is 4.79 Å². The van der Waals surface area contributed by atoms with Crippen molar-refractivity contribution in [1.82, 2.24) is 5.32 Å². The molecule has 0 radical (unpaired) electrons. The number of alkyl carbamates (subject to hydrolysis) is 1. The Kier molecular flexibility index (Phi) is 9.70. The van der Waals surface area contributed by atoms with E-state index in [0.717, 1.165) is 28.0 Å². The molecule has 0 saturated carbocycles. The van der Waals surface area contributed by atoms with Gasteiger partial charge in [0.15, 0.2) is 8.32 Å². The van der Waals surface area contributed by atoms with Gasteiger partial charge in [0, 0.05) is 11.0 Å². The number of benzene rings is 2. The first-order valence-corrected chi connectivity index (χ1v) is 16.2. The molecule has 0 heterocycles. The van der Waals surface area contributed by atoms with Gasteiger partial charge in [-0.05, 0) is 75.5 Å². The van der Waals surface area contributed by atoms with E-state index in [1.807, 2.05) is 39.0 Å². The summed E-state index contributed by atoms with van der Waals surface area (Å²) in [6.07, 6.45) is -0.444. The second kappa shape index (κ2) is 11.6. The molecule has 37 heavy (non-hydrogen) atoms. The molecule has 1 amide bonds. The van der Waals surface area contributed by atoms with Gasteiger partial charge in [-0.1, -0.05) is 71.0 Å². The first-order chi connectivity index (χ1) is 16.8. The Balaban J connectivity index is 2.48. The van der Waals surface area contributed by atoms with Gasteiger partial charge in [0.2, 0.25) is 0 Å². The van der Waals surface area contributed by atoms with Crippen molar-refractivity contribution in [2.24, 2.45) is 0 Å². The van der Waals surface area contributed by atoms with Crippen LogP contribution in [-0.4, -0.2) is 32.7 Å². The van der Waals surface area contributed by atoms with Gasteiger partial charge >= 0.3 is 6.09 Å². The van der Waals surface area contributed by atoms with Gasteiger partial charge in [-0.3, -0.25) is 0 Å². The van der Waals surface area contributed by atoms with Crippen molar-refractivity contribution in [3.63, 3.8) is 0 Å². The molecule has 0 aliphatic carbocycles. The van der Waals surface area contributed by atoms with Crippen LogP contribution < -0.4 is 10.1 Å². The quantitative estimate of drug-likeness (QED) is 0.335. The number of carbonyl (C=O) groups excluding carboxylic acids is 1. The van der Waals surface area contributed by atoms with Gasteiger partial charge in [0.25, 0.3) is 0 Å². The lowest BCUT2D eigenvalue weighted by atomic mass is 9.75. The summed E-state index contributed by atoms with van der Waals surface area (Å²) in [7, 11) is -2.06. The lowest BCUT2D eigenvalue weighted by Gasteiger charge is -2.42. The summed E-state index contributed by atoms with van der Waals surface area (Å²) in [5.74, 6) is 0.828. The summed E-state index contributed by atoms with van der Waals surface area (Å²) in [6.45, 7) is 26.1. The average molecular weight is 528 g/mol. The van der Waals surface area contributed by atoms with E-state index < -0.39 is 25.4 Å². The molecule has 5 nitrogen and oxygen atoms in total. The molecular formula is C31H49NO4Si. The van der Waals surface area contributed by atoms with Gasteiger partial charge in [0.05, 0.1) is 12.6 Å². The molecule has 1 N–H and O–H groups in total. The number of carbonyl (C=O) groups is 1. The van der Waals surface area contributed by atoms with Crippen LogP contribution in [-0.2, 0) is 21.2 Å². The number of amides is 1. The zero-order valence-corrected chi connectivity index (χ0v) is 26.2. The van der Waals surface area contributed by atoms with Crippen LogP contribution in [0.2, 0.25) is 18.1 Å². The maximum atomic E-state index is 13.0. The summed E-state index contributed by atoms with van der Waals surface area (Å²) in [5.41, 5.74) is 3.32. The largest absolute Gasteiger partial charge is 0.489 e. The molecular weight excluding hydrogens is 478 g/mol. The highest BCUT2D eigenvalue weighted by Gasteiger charge is 2.42. The van der Waals surface area contributed by atoms with Crippen LogP contribution >= 0.6 is 0 Å². The van der Waals surface area contributed by atoms with Crippen molar-refractivity contribution in [3.05, 3.63) is 64.7 Å². The van der Waals surface area contributed by atoms with Crippen molar-refractivity contribution in [1.29, 1.82) is 0 Å². The van der Waals surface area contributed by atoms with E-state index >= 15 is 0 Å². The van der Waals surface area contributed by atoms with Crippen LogP contribution in [0.5, 0.6) is 5.75 Å². The molecule has 2 aromatic rings. The number of nitrogens with one attached hydrogen (secondary N) is 1. The fourth-order valence-electron chi connectivity index (χ4n) is 4.17. The van der Waals surface area contributed by atoms with Gasteiger partial charge in [0.1, 0.15) is 18.0 Å². The SMILES string of the molecule is Cc1cc(C)c(C(C)(C)[C@@H](CO[Si](C)(C)C(C)(C)C)NC(=O)OC(C)(C)C)c(OCc2ccccc2)c1. The minimum absolute atomic E-state index is 0.0529. The lowest BCUT2D eigenvalue weighted by Crippen LogP contribution is -2.54. The number of hydrogen-bond acceptors (Lipinski definition) is 4. The van der Waals surface area contributed by atoms with E-state index in [1.54, 1.807) is 0 Å². The first kappa shape index (κ1) is 30.9. The van der Waals surface area contributed by atoms with Crippen molar-refractivity contribution < 1.29 is 18.7 Å². The Bertz CT molecular complexity index is 1050. The highest BCUT2D eigenvalue weighted by Crippen LogP contribution is 2.41. The fraction of sp³-hybridized carbons (Fsp3) is 0.581. The molecule has 0 aliphatic heterocycles. The molecule has 0 aromatic heterocycles. The summed E-state index contributed by atoms with van der Waals surface area (Å²) in [4.78, 5) is 13.0. The molecule has 0 spiro atoms. The predicted molar refractivity (Wildman–Crippen MR) is 156 cm³/mol. The number of hydrogen-bond donors (Lipinski definition) is 1. The lowest BCUT2D eigenvalue weighted by molar-refractivity contribution is 0.0450. The van der Waals surface area contributed by atoms with Gasteiger partial charge < -0.3 is 19.2 Å². The number of aryl methyl sites for hydroxylation is 2. The van der Waals surface area contributed by atoms with E-state index in [2.05, 4.69) is 91.1 Å². The zero-order chi connectivity index (χ0) is 28.2. The third kappa shape index (κ3) is 8.61. The van der Waals surface area contributed by atoms with Crippen LogP contribution in [0, 0.1) is 13.8 Å². The first-order valence-electron chi connectivity index (χ1n) is 13.3. The Morgan fingerprint density at radius 1 is 0.946 bits per heavy atom. The van der Waals surface area contributed by atoms with E-state index in [-0.39, 0.29) is 11.1 Å². The summed E-state index contributed by atoms with van der Waals surface area (Å²) in [6, 6.07) is 14.1. The van der Waals surface area contributed by atoms with E-state index in [1.165, 1.54) is 0 Å². The monoisotopic (exact) mass is 527 g/mol. The Morgan fingerprint density at radius 3 is 2.08 bits per heavy atom. The van der Waals surface area contributed by atoms with Crippen LogP contribution in [0.3, 0.4) is 0 Å². The van der Waals surface area contributed by atoms with Crippen LogP contribution in [0.25, 0.3) is 0 Å². The molecule has 0 fully saturated rings. The second-order valence-corrected chi connectivity index (χ2v) is 18.0. The topological polar surface area (TPSA) is 56.8 Å². The zero-order valence-electron chi connectivity index (χ0n) is 25.2. The molecule has 6 heteroatoms. The van der Waals surface area contributed by atoms with Crippen LogP contribution in [0.1, 0.15) is 77.6 Å². The predicted octanol–water partition coefficient (Wildman–Crippen LogP) is 8.08. The highest BCUT2D eigenvalue weighted by atomic mass is 28.4. The van der Waals surface area contributed by atoms with E-state index in [0.29, 0.717) is 13.2 Å². The minimum Gasteiger partial charge on any atom is -0.489 e. The van der Waals surface area contributed by atoms with Crippen molar-refractivity contribution in [3.8, 4) is 5.75 Å². The van der Waals surface area contributed by atoms with Crippen molar-refractivity contribution >= 4 is 14.4 Å². The molecule has 0 aliphatic rings. The van der Waals surface area contributed by atoms with Gasteiger partial charge in [-0.15, -0.1) is 0 Å². The smallest absolute Gasteiger partial charge is 0.407 e. The molecule has 0 saturated heterocycles. The highest BCUT2D eigenvalue weighted by molar-refractivity contribution is 6.74. The molecule has 0 bridgehead atoms. The summed E-state index contributed by atoms with van der Waals surface area (Å²) in [5, 5.41) is 3.21. The Labute approximate surface area is 226 Å². The Morgan fingerprint density at radius 2 is 1.54 bits per heavy atom. The van der Waals surface area contributed by atoms with E-state index in [4.69, 9.17) is 13.9 Å². The van der Waals surface area contributed by atoms with Crippen molar-refractivity contribution in [2.45, 2.75) is 111 Å². The standard InChI is InChI=1S/C31H49NO4Si/c1-22-18-23(2)27(25(19-22)34-20-24-16-14-13-15-17-24)31(9,10)26(32-28(33)36-29(3,4)5)21-35-37(11,12)30(6,7)8/h13-19,26H,20-21H2,1-12H3,(H,32,33)/t26-/m1/s1. The fourth-order valence-corrected chi connectivity index (χ4v) is 5.18. The second-order valence-electron chi connectivity index (χ2n) is 13.2. The van der Waals surface area contributed by atoms with Crippen LogP contribution in [0.4, 0.5) is 4.79 Å².